The lowest BCUT2D eigenvalue weighted by Crippen LogP contribution is -2.26. The summed E-state index contributed by atoms with van der Waals surface area (Å²) in [4.78, 5) is 24.1. The van der Waals surface area contributed by atoms with Gasteiger partial charge < -0.3 is 15.2 Å². The molecule has 0 aliphatic heterocycles. The van der Waals surface area contributed by atoms with E-state index in [2.05, 4.69) is 25.6 Å². The van der Waals surface area contributed by atoms with Crippen molar-refractivity contribution in [2.45, 2.75) is 26.3 Å². The molecule has 1 amide bonds. The fourth-order valence-electron chi connectivity index (χ4n) is 1.87. The number of aromatic nitrogens is 4. The number of aryl methyl sites for hydroxylation is 1. The van der Waals surface area contributed by atoms with E-state index >= 15 is 0 Å². The van der Waals surface area contributed by atoms with Crippen molar-refractivity contribution in [3.63, 3.8) is 0 Å². The number of hydrogen-bond donors (Lipinski definition) is 2. The van der Waals surface area contributed by atoms with Gasteiger partial charge in [0.2, 0.25) is 0 Å². The van der Waals surface area contributed by atoms with Gasteiger partial charge in [0.25, 0.3) is 5.91 Å². The second-order valence-corrected chi connectivity index (χ2v) is 4.58. The molecule has 0 unspecified atom stereocenters. The summed E-state index contributed by atoms with van der Waals surface area (Å²) in [6.07, 6.45) is 10.5. The molecule has 0 aliphatic rings. The molecule has 0 bridgehead atoms. The predicted octanol–water partition coefficient (Wildman–Crippen LogP) is 1.32. The molecule has 7 heteroatoms. The molecular weight excluding hydrogens is 268 g/mol. The number of unbranched alkanes of at least 4 members (excludes halogenated alkanes) is 1. The standard InChI is InChI=1S/C14H20N6O/c1-2-17-13-10-16-9-12(19-13)14(21)18-5-3-4-7-20-8-6-15-11-20/h6,8-11H,2-5,7H2,1H3,(H,17,19)(H,18,21). The number of anilines is 1. The zero-order valence-electron chi connectivity index (χ0n) is 12.1. The number of nitrogens with one attached hydrogen (secondary N) is 2. The normalized spacial score (nSPS) is 10.3. The summed E-state index contributed by atoms with van der Waals surface area (Å²) < 4.78 is 2.02. The van der Waals surface area contributed by atoms with Gasteiger partial charge in [-0.15, -0.1) is 0 Å². The summed E-state index contributed by atoms with van der Waals surface area (Å²) in [5.74, 6) is 0.426. The van der Waals surface area contributed by atoms with Crippen molar-refractivity contribution in [3.05, 3.63) is 36.8 Å². The van der Waals surface area contributed by atoms with Gasteiger partial charge in [-0.25, -0.2) is 9.97 Å². The van der Waals surface area contributed by atoms with E-state index in [0.717, 1.165) is 25.9 Å². The highest BCUT2D eigenvalue weighted by molar-refractivity contribution is 5.92. The van der Waals surface area contributed by atoms with Crippen LogP contribution in [0.15, 0.2) is 31.1 Å². The molecule has 7 nitrogen and oxygen atoms in total. The summed E-state index contributed by atoms with van der Waals surface area (Å²) in [6.45, 7) is 4.24. The number of carbonyl (C=O) groups excluding carboxylic acids is 1. The third kappa shape index (κ3) is 4.87. The van der Waals surface area contributed by atoms with Crippen molar-refractivity contribution in [2.75, 3.05) is 18.4 Å². The van der Waals surface area contributed by atoms with E-state index in [1.807, 2.05) is 17.7 Å². The van der Waals surface area contributed by atoms with E-state index in [1.165, 1.54) is 6.20 Å². The van der Waals surface area contributed by atoms with Crippen molar-refractivity contribution in [2.24, 2.45) is 0 Å². The summed E-state index contributed by atoms with van der Waals surface area (Å²) >= 11 is 0. The summed E-state index contributed by atoms with van der Waals surface area (Å²) in [5.41, 5.74) is 0.336. The van der Waals surface area contributed by atoms with Crippen LogP contribution < -0.4 is 10.6 Å². The van der Waals surface area contributed by atoms with Gasteiger partial charge in [0.15, 0.2) is 0 Å². The minimum atomic E-state index is -0.190. The highest BCUT2D eigenvalue weighted by Gasteiger charge is 2.07. The Morgan fingerprint density at radius 1 is 1.29 bits per heavy atom. The minimum Gasteiger partial charge on any atom is -0.369 e. The SMILES string of the molecule is CCNc1cncc(C(=O)NCCCCn2ccnc2)n1. The van der Waals surface area contributed by atoms with E-state index < -0.39 is 0 Å². The molecule has 0 atom stereocenters. The van der Waals surface area contributed by atoms with E-state index in [4.69, 9.17) is 0 Å². The Morgan fingerprint density at radius 3 is 2.95 bits per heavy atom. The van der Waals surface area contributed by atoms with Crippen LogP contribution in [-0.4, -0.2) is 38.5 Å². The largest absolute Gasteiger partial charge is 0.369 e. The Hall–Kier alpha value is -2.44. The highest BCUT2D eigenvalue weighted by Crippen LogP contribution is 2.02. The third-order valence-corrected chi connectivity index (χ3v) is 2.91. The lowest BCUT2D eigenvalue weighted by Gasteiger charge is -2.06. The predicted molar refractivity (Wildman–Crippen MR) is 80.0 cm³/mol. The van der Waals surface area contributed by atoms with Crippen LogP contribution >= 0.6 is 0 Å². The molecule has 0 radical (unpaired) electrons. The van der Waals surface area contributed by atoms with Crippen molar-refractivity contribution in [1.82, 2.24) is 24.8 Å². The molecular formula is C14H20N6O. The van der Waals surface area contributed by atoms with Gasteiger partial charge in [-0.1, -0.05) is 0 Å². The van der Waals surface area contributed by atoms with E-state index in [9.17, 15) is 4.79 Å². The van der Waals surface area contributed by atoms with Crippen LogP contribution in [0, 0.1) is 0 Å². The van der Waals surface area contributed by atoms with Gasteiger partial charge in [0, 0.05) is 32.0 Å². The molecule has 2 rings (SSSR count). The molecule has 2 aromatic rings. The molecule has 2 aromatic heterocycles. The van der Waals surface area contributed by atoms with Crippen LogP contribution in [-0.2, 0) is 6.54 Å². The van der Waals surface area contributed by atoms with Crippen molar-refractivity contribution < 1.29 is 4.79 Å². The Morgan fingerprint density at radius 2 is 2.19 bits per heavy atom. The first-order valence-electron chi connectivity index (χ1n) is 7.09. The quantitative estimate of drug-likeness (QED) is 0.716. The molecule has 0 saturated heterocycles. The van der Waals surface area contributed by atoms with Crippen LogP contribution in [0.3, 0.4) is 0 Å². The Bertz CT molecular complexity index is 554. The summed E-state index contributed by atoms with van der Waals surface area (Å²) in [6, 6.07) is 0. The molecule has 0 saturated carbocycles. The molecule has 0 aromatic carbocycles. The van der Waals surface area contributed by atoms with Gasteiger partial charge in [-0.3, -0.25) is 9.78 Å². The number of imidazole rings is 1. The third-order valence-electron chi connectivity index (χ3n) is 2.91. The molecule has 0 fully saturated rings. The first-order valence-corrected chi connectivity index (χ1v) is 7.09. The topological polar surface area (TPSA) is 84.7 Å². The maximum Gasteiger partial charge on any atom is 0.271 e. The maximum atomic E-state index is 11.9. The molecule has 2 N–H and O–H groups in total. The highest BCUT2D eigenvalue weighted by atomic mass is 16.1. The fraction of sp³-hybridized carbons (Fsp3) is 0.429. The van der Waals surface area contributed by atoms with Gasteiger partial charge in [0.1, 0.15) is 11.5 Å². The zero-order valence-corrected chi connectivity index (χ0v) is 12.1. The molecule has 0 aliphatic carbocycles. The number of carbonyl (C=O) groups is 1. The van der Waals surface area contributed by atoms with Crippen LogP contribution in [0.1, 0.15) is 30.3 Å². The summed E-state index contributed by atoms with van der Waals surface area (Å²) in [5, 5.41) is 5.89. The fourth-order valence-corrected chi connectivity index (χ4v) is 1.87. The van der Waals surface area contributed by atoms with Gasteiger partial charge >= 0.3 is 0 Å². The maximum absolute atomic E-state index is 11.9. The van der Waals surface area contributed by atoms with Crippen molar-refractivity contribution in [1.29, 1.82) is 0 Å². The van der Waals surface area contributed by atoms with Gasteiger partial charge in [0.05, 0.1) is 18.7 Å². The molecule has 112 valence electrons. The minimum absolute atomic E-state index is 0.190. The van der Waals surface area contributed by atoms with E-state index in [1.54, 1.807) is 18.7 Å². The van der Waals surface area contributed by atoms with Crippen LogP contribution in [0.5, 0.6) is 0 Å². The number of rotatable bonds is 8. The van der Waals surface area contributed by atoms with Crippen molar-refractivity contribution in [3.8, 4) is 0 Å². The molecule has 0 spiro atoms. The first-order chi connectivity index (χ1) is 10.3. The second kappa shape index (κ2) is 7.98. The van der Waals surface area contributed by atoms with E-state index in [-0.39, 0.29) is 5.91 Å². The Balaban J connectivity index is 1.70. The average molecular weight is 288 g/mol. The summed E-state index contributed by atoms with van der Waals surface area (Å²) in [7, 11) is 0. The number of hydrogen-bond acceptors (Lipinski definition) is 5. The Labute approximate surface area is 123 Å². The second-order valence-electron chi connectivity index (χ2n) is 4.58. The van der Waals surface area contributed by atoms with Crippen molar-refractivity contribution >= 4 is 11.7 Å². The average Bonchev–Trinajstić information content (AvgIpc) is 3.01. The number of nitrogens with zero attached hydrogens (tertiary/aromatic N) is 4. The van der Waals surface area contributed by atoms with Crippen LogP contribution in [0.25, 0.3) is 0 Å². The van der Waals surface area contributed by atoms with Gasteiger partial charge in [-0.05, 0) is 19.8 Å². The number of amides is 1. The van der Waals surface area contributed by atoms with E-state index in [0.29, 0.717) is 18.1 Å². The van der Waals surface area contributed by atoms with Crippen LogP contribution in [0.4, 0.5) is 5.82 Å². The van der Waals surface area contributed by atoms with Crippen LogP contribution in [0.2, 0.25) is 0 Å². The molecule has 2 heterocycles. The lowest BCUT2D eigenvalue weighted by molar-refractivity contribution is 0.0947. The first kappa shape index (κ1) is 15.0. The lowest BCUT2D eigenvalue weighted by atomic mass is 10.3. The van der Waals surface area contributed by atoms with Gasteiger partial charge in [-0.2, -0.15) is 0 Å². The monoisotopic (exact) mass is 288 g/mol. The molecule has 21 heavy (non-hydrogen) atoms. The zero-order chi connectivity index (χ0) is 14.9. The smallest absolute Gasteiger partial charge is 0.271 e. The Kier molecular flexibility index (Phi) is 5.69.